The summed E-state index contributed by atoms with van der Waals surface area (Å²) in [5, 5.41) is 40.4. The molecule has 0 radical (unpaired) electrons. The molecule has 1 unspecified atom stereocenters. The highest BCUT2D eigenvalue weighted by atomic mass is 35.5. The van der Waals surface area contributed by atoms with E-state index in [4.69, 9.17) is 16.3 Å². The Labute approximate surface area is 125 Å². The number of hydrogen-bond donors (Lipinski definition) is 4. The lowest BCUT2D eigenvalue weighted by Crippen LogP contribution is -2.56. The Balaban J connectivity index is 2.03. The van der Waals surface area contributed by atoms with E-state index in [1.165, 1.54) is 0 Å². The van der Waals surface area contributed by atoms with Gasteiger partial charge in [-0.2, -0.15) is 0 Å². The first kappa shape index (κ1) is 14.8. The van der Waals surface area contributed by atoms with Crippen molar-refractivity contribution >= 4 is 22.5 Å². The number of hydrogen-bond acceptors (Lipinski definition) is 5. The minimum absolute atomic E-state index is 0.457. The molecule has 6 nitrogen and oxygen atoms in total. The van der Waals surface area contributed by atoms with E-state index in [2.05, 4.69) is 0 Å². The average Bonchev–Trinajstić information content (AvgIpc) is 2.91. The topological polar surface area (TPSA) is 95.1 Å². The highest BCUT2D eigenvalue weighted by Gasteiger charge is 2.44. The summed E-state index contributed by atoms with van der Waals surface area (Å²) < 4.78 is 7.16. The molecule has 21 heavy (non-hydrogen) atoms. The summed E-state index contributed by atoms with van der Waals surface area (Å²) in [6.45, 7) is -0.457. The fraction of sp³-hybridized carbons (Fsp3) is 0.429. The molecule has 7 heteroatoms. The van der Waals surface area contributed by atoms with Crippen molar-refractivity contribution < 1.29 is 25.2 Å². The summed E-state index contributed by atoms with van der Waals surface area (Å²) in [7, 11) is 0. The lowest BCUT2D eigenvalue weighted by Gasteiger charge is -2.40. The molecule has 4 N–H and O–H groups in total. The minimum Gasteiger partial charge on any atom is -0.394 e. The molecule has 0 bridgehead atoms. The van der Waals surface area contributed by atoms with Gasteiger partial charge in [0.05, 0.1) is 12.1 Å². The molecule has 1 aromatic heterocycles. The zero-order valence-electron chi connectivity index (χ0n) is 11.0. The largest absolute Gasteiger partial charge is 0.394 e. The van der Waals surface area contributed by atoms with Gasteiger partial charge in [0.2, 0.25) is 0 Å². The molecule has 1 aliphatic rings. The number of nitrogens with zero attached hydrogens (tertiary/aromatic N) is 1. The lowest BCUT2D eigenvalue weighted by molar-refractivity contribution is -0.250. The van der Waals surface area contributed by atoms with Crippen LogP contribution in [0, 0.1) is 0 Å². The smallest absolute Gasteiger partial charge is 0.163 e. The van der Waals surface area contributed by atoms with Crippen molar-refractivity contribution in [1.29, 1.82) is 0 Å². The van der Waals surface area contributed by atoms with Gasteiger partial charge in [-0.05, 0) is 18.2 Å². The highest BCUT2D eigenvalue weighted by Crippen LogP contribution is 2.33. The first-order valence-electron chi connectivity index (χ1n) is 6.60. The van der Waals surface area contributed by atoms with Crippen molar-refractivity contribution in [3.63, 3.8) is 0 Å². The van der Waals surface area contributed by atoms with Crippen molar-refractivity contribution in [3.8, 4) is 0 Å². The van der Waals surface area contributed by atoms with Gasteiger partial charge in [-0.3, -0.25) is 0 Å². The van der Waals surface area contributed by atoms with Gasteiger partial charge < -0.3 is 29.7 Å². The average molecular weight is 314 g/mol. The van der Waals surface area contributed by atoms with E-state index in [9.17, 15) is 20.4 Å². The van der Waals surface area contributed by atoms with Crippen LogP contribution < -0.4 is 0 Å². The van der Waals surface area contributed by atoms with Crippen molar-refractivity contribution in [2.75, 3.05) is 6.61 Å². The third-order valence-corrected chi connectivity index (χ3v) is 4.18. The Morgan fingerprint density at radius 2 is 1.86 bits per heavy atom. The third-order valence-electron chi connectivity index (χ3n) is 3.85. The predicted molar refractivity (Wildman–Crippen MR) is 76.0 cm³/mol. The number of ether oxygens (including phenoxy) is 1. The van der Waals surface area contributed by atoms with Crippen molar-refractivity contribution in [2.24, 2.45) is 0 Å². The molecule has 1 aromatic carbocycles. The number of halogens is 1. The molecular weight excluding hydrogens is 298 g/mol. The van der Waals surface area contributed by atoms with Crippen LogP contribution >= 0.6 is 11.6 Å². The molecule has 1 saturated heterocycles. The third kappa shape index (κ3) is 2.34. The highest BCUT2D eigenvalue weighted by molar-refractivity contribution is 6.35. The molecule has 0 spiro atoms. The summed E-state index contributed by atoms with van der Waals surface area (Å²) in [6.07, 6.45) is -4.27. The lowest BCUT2D eigenvalue weighted by atomic mass is 9.98. The normalized spacial score (nSPS) is 33.5. The van der Waals surface area contributed by atoms with Gasteiger partial charge in [0.15, 0.2) is 6.23 Å². The molecule has 1 aliphatic heterocycles. The van der Waals surface area contributed by atoms with E-state index in [0.717, 1.165) is 10.9 Å². The van der Waals surface area contributed by atoms with Gasteiger partial charge in [0.1, 0.15) is 24.4 Å². The first-order chi connectivity index (χ1) is 10.0. The summed E-state index contributed by atoms with van der Waals surface area (Å²) in [5.41, 5.74) is 0.729. The number of aliphatic hydroxyl groups excluding tert-OH is 4. The van der Waals surface area contributed by atoms with Crippen molar-refractivity contribution in [1.82, 2.24) is 4.57 Å². The standard InChI is InChI=1S/C14H16ClNO5/c15-8-2-1-3-9-7(8)4-5-16(9)14-13(20)12(19)11(18)10(6-17)21-14/h1-5,10-14,17-20H,6H2/t10-,11-,12+,13-,14?/m1/s1. The van der Waals surface area contributed by atoms with Crippen molar-refractivity contribution in [3.05, 3.63) is 35.5 Å². The fourth-order valence-electron chi connectivity index (χ4n) is 2.68. The molecule has 0 amide bonds. The maximum Gasteiger partial charge on any atom is 0.163 e. The number of aliphatic hydroxyl groups is 4. The molecule has 2 aromatic rings. The molecule has 5 atom stereocenters. The summed E-state index contributed by atoms with van der Waals surface area (Å²) >= 11 is 6.11. The maximum absolute atomic E-state index is 10.2. The SMILES string of the molecule is OC[C@H]1OC(n2ccc3c(Cl)cccc32)[C@H](O)[C@@H](O)[C@@H]1O. The van der Waals surface area contributed by atoms with Crippen LogP contribution in [0.5, 0.6) is 0 Å². The van der Waals surface area contributed by atoms with Crippen LogP contribution in [0.3, 0.4) is 0 Å². The van der Waals surface area contributed by atoms with Gasteiger partial charge in [0, 0.05) is 16.6 Å². The number of rotatable bonds is 2. The van der Waals surface area contributed by atoms with E-state index in [0.29, 0.717) is 5.02 Å². The van der Waals surface area contributed by atoms with Crippen LogP contribution in [0.15, 0.2) is 30.5 Å². The number of aromatic nitrogens is 1. The maximum atomic E-state index is 10.2. The van der Waals surface area contributed by atoms with Gasteiger partial charge in [-0.15, -0.1) is 0 Å². The monoisotopic (exact) mass is 313 g/mol. The second-order valence-electron chi connectivity index (χ2n) is 5.12. The first-order valence-corrected chi connectivity index (χ1v) is 6.98. The van der Waals surface area contributed by atoms with Gasteiger partial charge in [-0.1, -0.05) is 17.7 Å². The minimum atomic E-state index is -1.41. The van der Waals surface area contributed by atoms with Gasteiger partial charge in [-0.25, -0.2) is 0 Å². The van der Waals surface area contributed by atoms with Crippen LogP contribution in [-0.4, -0.2) is 56.0 Å². The number of benzene rings is 1. The Morgan fingerprint density at radius 3 is 2.57 bits per heavy atom. The second-order valence-corrected chi connectivity index (χ2v) is 5.52. The summed E-state index contributed by atoms with van der Waals surface area (Å²) in [5.74, 6) is 0. The molecule has 0 saturated carbocycles. The summed E-state index contributed by atoms with van der Waals surface area (Å²) in [4.78, 5) is 0. The predicted octanol–water partition coefficient (Wildman–Crippen LogP) is 0.267. The van der Waals surface area contributed by atoms with Crippen LogP contribution in [0.2, 0.25) is 5.02 Å². The Morgan fingerprint density at radius 1 is 1.10 bits per heavy atom. The van der Waals surface area contributed by atoms with Crippen LogP contribution in [0.1, 0.15) is 6.23 Å². The van der Waals surface area contributed by atoms with E-state index in [-0.39, 0.29) is 0 Å². The van der Waals surface area contributed by atoms with E-state index >= 15 is 0 Å². The van der Waals surface area contributed by atoms with Gasteiger partial charge >= 0.3 is 0 Å². The van der Waals surface area contributed by atoms with E-state index < -0.39 is 37.3 Å². The Bertz CT molecular complexity index is 643. The van der Waals surface area contributed by atoms with E-state index in [1.807, 2.05) is 6.07 Å². The quantitative estimate of drug-likeness (QED) is 0.638. The van der Waals surface area contributed by atoms with Crippen LogP contribution in [0.4, 0.5) is 0 Å². The molecular formula is C14H16ClNO5. The van der Waals surface area contributed by atoms with Gasteiger partial charge in [0.25, 0.3) is 0 Å². The molecule has 3 rings (SSSR count). The Hall–Kier alpha value is -1.15. The fourth-order valence-corrected chi connectivity index (χ4v) is 2.92. The molecule has 1 fully saturated rings. The zero-order valence-corrected chi connectivity index (χ0v) is 11.8. The molecule has 2 heterocycles. The van der Waals surface area contributed by atoms with E-state index in [1.54, 1.807) is 29.0 Å². The zero-order chi connectivity index (χ0) is 15.1. The van der Waals surface area contributed by atoms with Crippen LogP contribution in [-0.2, 0) is 4.74 Å². The Kier molecular flexibility index (Phi) is 3.92. The number of fused-ring (bicyclic) bond motifs is 1. The van der Waals surface area contributed by atoms with Crippen molar-refractivity contribution in [2.45, 2.75) is 30.6 Å². The molecule has 114 valence electrons. The van der Waals surface area contributed by atoms with Crippen LogP contribution in [0.25, 0.3) is 10.9 Å². The second kappa shape index (κ2) is 5.57. The molecule has 0 aliphatic carbocycles. The summed E-state index contributed by atoms with van der Waals surface area (Å²) in [6, 6.07) is 7.11.